The molecule has 2 saturated heterocycles. The number of ether oxygens (including phenoxy) is 1. The smallest absolute Gasteiger partial charge is 0.430 e. The first-order valence-electron chi connectivity index (χ1n) is 12.4. The number of nitrogens with zero attached hydrogens (tertiary/aromatic N) is 2. The van der Waals surface area contributed by atoms with E-state index < -0.39 is 6.09 Å². The van der Waals surface area contributed by atoms with E-state index in [4.69, 9.17) is 9.57 Å². The predicted molar refractivity (Wildman–Crippen MR) is 143 cm³/mol. The van der Waals surface area contributed by atoms with E-state index in [-0.39, 0.29) is 18.2 Å². The van der Waals surface area contributed by atoms with Gasteiger partial charge in [-0.2, -0.15) is 0 Å². The molecule has 0 unspecified atom stereocenters. The van der Waals surface area contributed by atoms with Gasteiger partial charge in [0, 0.05) is 49.0 Å². The molecule has 194 valence electrons. The molecule has 0 atom stereocenters. The number of hydrogen-bond acceptors (Lipinski definition) is 5. The number of rotatable bonds is 5. The molecule has 2 aliphatic rings. The first-order chi connectivity index (χ1) is 17.0. The maximum atomic E-state index is 13.7. The Bertz CT molecular complexity index is 1190. The van der Waals surface area contributed by atoms with Crippen LogP contribution in [0.15, 0.2) is 42.6 Å². The Morgan fingerprint density at radius 1 is 1.06 bits per heavy atom. The van der Waals surface area contributed by atoms with E-state index in [1.165, 1.54) is 6.07 Å². The molecule has 1 amide bonds. The second-order valence-corrected chi connectivity index (χ2v) is 9.70. The molecule has 7 nitrogen and oxygen atoms in total. The number of halogens is 2. The molecule has 36 heavy (non-hydrogen) atoms. The van der Waals surface area contributed by atoms with Crippen LogP contribution >= 0.6 is 12.4 Å². The Morgan fingerprint density at radius 2 is 1.81 bits per heavy atom. The van der Waals surface area contributed by atoms with E-state index in [9.17, 15) is 9.18 Å². The number of piperidine rings is 2. The van der Waals surface area contributed by atoms with E-state index in [1.54, 1.807) is 24.3 Å². The van der Waals surface area contributed by atoms with Crippen molar-refractivity contribution in [2.45, 2.75) is 38.5 Å². The van der Waals surface area contributed by atoms with Crippen molar-refractivity contribution < 1.29 is 18.8 Å². The van der Waals surface area contributed by atoms with Crippen LogP contribution in [-0.4, -0.2) is 49.4 Å². The topological polar surface area (TPSA) is 69.8 Å². The summed E-state index contributed by atoms with van der Waals surface area (Å²) in [5, 5.41) is 5.50. The summed E-state index contributed by atoms with van der Waals surface area (Å²) in [6.07, 6.45) is 5.43. The molecule has 0 aliphatic carbocycles. The monoisotopic (exact) mass is 516 g/mol. The zero-order valence-corrected chi connectivity index (χ0v) is 21.6. The number of methoxy groups -OCH3 is 1. The number of aromatic amines is 1. The second-order valence-electron chi connectivity index (χ2n) is 9.70. The van der Waals surface area contributed by atoms with Crippen LogP contribution in [0.25, 0.3) is 10.9 Å². The molecule has 2 N–H and O–H groups in total. The normalized spacial score (nSPS) is 17.6. The van der Waals surface area contributed by atoms with Gasteiger partial charge in [0.05, 0.1) is 12.8 Å². The number of nitrogens with one attached hydrogen (secondary N) is 2. The summed E-state index contributed by atoms with van der Waals surface area (Å²) in [5.41, 5.74) is 3.74. The molecule has 3 heterocycles. The Morgan fingerprint density at radius 3 is 2.53 bits per heavy atom. The van der Waals surface area contributed by atoms with Gasteiger partial charge in [-0.25, -0.2) is 9.18 Å². The number of hydroxylamine groups is 2. The maximum absolute atomic E-state index is 13.7. The van der Waals surface area contributed by atoms with E-state index in [0.717, 1.165) is 72.6 Å². The highest BCUT2D eigenvalue weighted by Crippen LogP contribution is 2.35. The third-order valence-electron chi connectivity index (χ3n) is 7.33. The summed E-state index contributed by atoms with van der Waals surface area (Å²) < 4.78 is 19.3. The summed E-state index contributed by atoms with van der Waals surface area (Å²) in [6.45, 7) is 5.48. The fourth-order valence-electron chi connectivity index (χ4n) is 5.23. The van der Waals surface area contributed by atoms with Gasteiger partial charge in [0.2, 0.25) is 0 Å². The minimum Gasteiger partial charge on any atom is -0.495 e. The fourth-order valence-corrected chi connectivity index (χ4v) is 5.23. The number of hydrogen-bond donors (Lipinski definition) is 2. The van der Waals surface area contributed by atoms with Crippen LogP contribution in [0.2, 0.25) is 0 Å². The van der Waals surface area contributed by atoms with E-state index in [0.29, 0.717) is 24.7 Å². The zero-order valence-electron chi connectivity index (χ0n) is 20.8. The van der Waals surface area contributed by atoms with E-state index in [2.05, 4.69) is 22.1 Å². The van der Waals surface area contributed by atoms with Crippen LogP contribution in [0.3, 0.4) is 0 Å². The van der Waals surface area contributed by atoms with Crippen molar-refractivity contribution in [3.05, 3.63) is 54.0 Å². The van der Waals surface area contributed by atoms with Crippen LogP contribution in [0.5, 0.6) is 5.75 Å². The third kappa shape index (κ3) is 5.71. The number of fused-ring (bicyclic) bond motifs is 1. The quantitative estimate of drug-likeness (QED) is 0.415. The molecule has 0 bridgehead atoms. The van der Waals surface area contributed by atoms with Crippen molar-refractivity contribution in [1.82, 2.24) is 10.0 Å². The van der Waals surface area contributed by atoms with Gasteiger partial charge in [-0.1, -0.05) is 6.92 Å². The average molecular weight is 517 g/mol. The average Bonchev–Trinajstić information content (AvgIpc) is 3.28. The van der Waals surface area contributed by atoms with Gasteiger partial charge in [-0.3, -0.25) is 5.32 Å². The molecule has 2 aliphatic heterocycles. The van der Waals surface area contributed by atoms with Gasteiger partial charge < -0.3 is 19.5 Å². The first kappa shape index (κ1) is 26.1. The van der Waals surface area contributed by atoms with Crippen molar-refractivity contribution in [3.8, 4) is 5.75 Å². The lowest BCUT2D eigenvalue weighted by Crippen LogP contribution is -2.36. The standard InChI is InChI=1S/C27H33FN4O3.ClH/c1-18-7-11-31(12-8-18)25-16-21(4-6-26(25)34-2)30-27(33)35-32-13-9-19(10-14-32)23-17-29-24-5-3-20(28)15-22(23)24;/h3-6,15-19,29H,7-14H2,1-2H3,(H,30,33);1H. The lowest BCUT2D eigenvalue weighted by molar-refractivity contribution is -0.108. The minimum absolute atomic E-state index is 0. The zero-order chi connectivity index (χ0) is 24.4. The van der Waals surface area contributed by atoms with Crippen molar-refractivity contribution in [2.24, 2.45) is 5.92 Å². The Labute approximate surface area is 217 Å². The summed E-state index contributed by atoms with van der Waals surface area (Å²) in [7, 11) is 1.67. The number of carbonyl (C=O) groups is 1. The van der Waals surface area contributed by atoms with Crippen molar-refractivity contribution in [2.75, 3.05) is 43.5 Å². The SMILES string of the molecule is COc1ccc(NC(=O)ON2CCC(c3c[nH]c4ccc(F)cc34)CC2)cc1N1CCC(C)CC1.Cl. The van der Waals surface area contributed by atoms with E-state index >= 15 is 0 Å². The lowest BCUT2D eigenvalue weighted by atomic mass is 9.90. The Balaban J connectivity index is 0.00000304. The molecular weight excluding hydrogens is 483 g/mol. The van der Waals surface area contributed by atoms with Gasteiger partial charge in [-0.15, -0.1) is 17.5 Å². The minimum atomic E-state index is -0.499. The molecule has 0 radical (unpaired) electrons. The third-order valence-corrected chi connectivity index (χ3v) is 7.33. The van der Waals surface area contributed by atoms with Crippen molar-refractivity contribution in [1.29, 1.82) is 0 Å². The molecule has 9 heteroatoms. The highest BCUT2D eigenvalue weighted by molar-refractivity contribution is 5.86. The van der Waals surface area contributed by atoms with Gasteiger partial charge in [0.1, 0.15) is 11.6 Å². The van der Waals surface area contributed by atoms with Gasteiger partial charge in [0.25, 0.3) is 0 Å². The maximum Gasteiger partial charge on any atom is 0.430 e. The van der Waals surface area contributed by atoms with Gasteiger partial charge >= 0.3 is 6.09 Å². The first-order valence-corrected chi connectivity index (χ1v) is 12.4. The van der Waals surface area contributed by atoms with Gasteiger partial charge in [0.15, 0.2) is 0 Å². The molecule has 2 fully saturated rings. The van der Waals surface area contributed by atoms with Gasteiger partial charge in [-0.05, 0) is 79.5 Å². The number of aromatic nitrogens is 1. The molecule has 0 spiro atoms. The fraction of sp³-hybridized carbons (Fsp3) is 0.444. The number of benzene rings is 2. The molecule has 2 aromatic carbocycles. The van der Waals surface area contributed by atoms with Crippen LogP contribution in [0.4, 0.5) is 20.6 Å². The molecule has 1 aromatic heterocycles. The largest absolute Gasteiger partial charge is 0.495 e. The van der Waals surface area contributed by atoms with Crippen LogP contribution in [0, 0.1) is 11.7 Å². The number of carbonyl (C=O) groups excluding carboxylic acids is 1. The summed E-state index contributed by atoms with van der Waals surface area (Å²) in [4.78, 5) is 23.8. The Kier molecular flexibility index (Phi) is 8.26. The molecular formula is C27H34ClFN4O3. The summed E-state index contributed by atoms with van der Waals surface area (Å²) in [5.74, 6) is 1.60. The predicted octanol–water partition coefficient (Wildman–Crippen LogP) is 6.32. The highest BCUT2D eigenvalue weighted by Gasteiger charge is 2.25. The highest BCUT2D eigenvalue weighted by atomic mass is 35.5. The molecule has 3 aromatic rings. The number of amides is 1. The van der Waals surface area contributed by atoms with Crippen LogP contribution in [-0.2, 0) is 4.84 Å². The second kappa shape index (κ2) is 11.4. The van der Waals surface area contributed by atoms with Crippen molar-refractivity contribution in [3.63, 3.8) is 0 Å². The van der Waals surface area contributed by atoms with Crippen molar-refractivity contribution >= 4 is 40.8 Å². The number of anilines is 2. The molecule has 5 rings (SSSR count). The Hall–Kier alpha value is -2.97. The number of H-pyrrole nitrogens is 1. The molecule has 0 saturated carbocycles. The van der Waals surface area contributed by atoms with E-state index in [1.807, 2.05) is 24.4 Å². The van der Waals surface area contributed by atoms with Crippen LogP contribution in [0.1, 0.15) is 44.1 Å². The van der Waals surface area contributed by atoms with Crippen LogP contribution < -0.4 is 15.0 Å². The summed E-state index contributed by atoms with van der Waals surface area (Å²) >= 11 is 0. The lowest BCUT2D eigenvalue weighted by Gasteiger charge is -2.33. The summed E-state index contributed by atoms with van der Waals surface area (Å²) in [6, 6.07) is 10.5.